The third kappa shape index (κ3) is 1.43. The van der Waals surface area contributed by atoms with Crippen molar-refractivity contribution in [3.8, 4) is 11.1 Å². The van der Waals surface area contributed by atoms with E-state index in [0.29, 0.717) is 0 Å². The molecule has 1 aliphatic heterocycles. The molecule has 1 heterocycles. The Bertz CT molecular complexity index is 1060. The van der Waals surface area contributed by atoms with E-state index in [9.17, 15) is 0 Å². The third-order valence-electron chi connectivity index (χ3n) is 4.46. The van der Waals surface area contributed by atoms with E-state index in [1.54, 1.807) is 0 Å². The highest BCUT2D eigenvalue weighted by Gasteiger charge is 2.20. The Labute approximate surface area is 122 Å². The molecule has 0 bridgehead atoms. The lowest BCUT2D eigenvalue weighted by Gasteiger charge is -2.11. The van der Waals surface area contributed by atoms with Crippen LogP contribution in [0, 0.1) is 0 Å². The molecule has 21 heavy (non-hydrogen) atoms. The van der Waals surface area contributed by atoms with Gasteiger partial charge in [-0.3, -0.25) is 0 Å². The van der Waals surface area contributed by atoms with Crippen molar-refractivity contribution >= 4 is 22.5 Å². The van der Waals surface area contributed by atoms with Gasteiger partial charge in [0.2, 0.25) is 0 Å². The van der Waals surface area contributed by atoms with Gasteiger partial charge in [0, 0.05) is 11.1 Å². The number of hydrogen-bond acceptors (Lipinski definition) is 1. The van der Waals surface area contributed by atoms with Crippen LogP contribution in [0.4, 0.5) is 5.69 Å². The van der Waals surface area contributed by atoms with Gasteiger partial charge in [0.15, 0.2) is 0 Å². The largest absolute Gasteiger partial charge is 0.248 e. The summed E-state index contributed by atoms with van der Waals surface area (Å²) in [4.78, 5) is 4.84. The van der Waals surface area contributed by atoms with Crippen molar-refractivity contribution in [1.29, 1.82) is 0 Å². The van der Waals surface area contributed by atoms with Gasteiger partial charge in [-0.05, 0) is 40.1 Å². The average molecular weight is 267 g/mol. The van der Waals surface area contributed by atoms with Gasteiger partial charge in [0.25, 0.3) is 0 Å². The molecule has 0 unspecified atom stereocenters. The molecule has 3 aromatic carbocycles. The maximum Gasteiger partial charge on any atom is 0.0722 e. The SMILES string of the molecule is C1=CCc2c3c(ccc2=C1)=Nc1ccc2ccccc2c1-3. The second-order valence-corrected chi connectivity index (χ2v) is 5.62. The summed E-state index contributed by atoms with van der Waals surface area (Å²) >= 11 is 0. The third-order valence-corrected chi connectivity index (χ3v) is 4.46. The van der Waals surface area contributed by atoms with Crippen LogP contribution in [0.15, 0.2) is 65.7 Å². The maximum absolute atomic E-state index is 4.84. The summed E-state index contributed by atoms with van der Waals surface area (Å²) in [5, 5.41) is 5.03. The predicted octanol–water partition coefficient (Wildman–Crippen LogP) is 3.66. The molecule has 5 rings (SSSR count). The fourth-order valence-electron chi connectivity index (χ4n) is 3.50. The van der Waals surface area contributed by atoms with Crippen LogP contribution >= 0.6 is 0 Å². The average Bonchev–Trinajstić information content (AvgIpc) is 2.94. The maximum atomic E-state index is 4.84. The minimum atomic E-state index is 0.993. The summed E-state index contributed by atoms with van der Waals surface area (Å²) in [5.74, 6) is 0. The van der Waals surface area contributed by atoms with E-state index in [2.05, 4.69) is 66.8 Å². The number of nitrogens with zero attached hydrogens (tertiary/aromatic N) is 1. The van der Waals surface area contributed by atoms with Crippen molar-refractivity contribution in [3.63, 3.8) is 0 Å². The number of fused-ring (bicyclic) bond motifs is 7. The first kappa shape index (κ1) is 11.0. The van der Waals surface area contributed by atoms with Gasteiger partial charge in [-0.2, -0.15) is 0 Å². The van der Waals surface area contributed by atoms with E-state index in [0.717, 1.165) is 17.5 Å². The molecular weight excluding hydrogens is 254 g/mol. The minimum absolute atomic E-state index is 0.993. The van der Waals surface area contributed by atoms with E-state index in [4.69, 9.17) is 4.99 Å². The number of benzene rings is 3. The molecule has 98 valence electrons. The number of allylic oxidation sites excluding steroid dienone is 2. The quantitative estimate of drug-likeness (QED) is 0.461. The van der Waals surface area contributed by atoms with E-state index >= 15 is 0 Å². The van der Waals surface area contributed by atoms with E-state index in [-0.39, 0.29) is 0 Å². The summed E-state index contributed by atoms with van der Waals surface area (Å²) < 4.78 is 0. The normalized spacial score (nSPS) is 14.1. The van der Waals surface area contributed by atoms with Crippen LogP contribution in [0.5, 0.6) is 0 Å². The van der Waals surface area contributed by atoms with Crippen LogP contribution in [0.2, 0.25) is 0 Å². The fourth-order valence-corrected chi connectivity index (χ4v) is 3.50. The molecule has 0 N–H and O–H groups in total. The number of hydrogen-bond donors (Lipinski definition) is 0. The molecule has 0 saturated heterocycles. The summed E-state index contributed by atoms with van der Waals surface area (Å²) in [6.45, 7) is 0. The monoisotopic (exact) mass is 267 g/mol. The number of rotatable bonds is 0. The fraction of sp³-hybridized carbons (Fsp3) is 0.0500. The standard InChI is InChI=1S/C20H13N/c1-3-7-15-13(5-1)9-11-17-19(15)20-16-8-4-2-6-14(16)10-12-18(20)21-17/h1-7,9-12H,8H2. The highest BCUT2D eigenvalue weighted by atomic mass is 14.8. The Morgan fingerprint density at radius 3 is 2.81 bits per heavy atom. The predicted molar refractivity (Wildman–Crippen MR) is 87.1 cm³/mol. The van der Waals surface area contributed by atoms with Gasteiger partial charge in [-0.1, -0.05) is 54.6 Å². The van der Waals surface area contributed by atoms with Crippen molar-refractivity contribution in [3.05, 3.63) is 76.8 Å². The van der Waals surface area contributed by atoms with Crippen LogP contribution in [0.25, 0.3) is 28.0 Å². The Morgan fingerprint density at radius 1 is 0.857 bits per heavy atom. The molecule has 1 heteroatoms. The summed E-state index contributed by atoms with van der Waals surface area (Å²) in [6.07, 6.45) is 7.56. The van der Waals surface area contributed by atoms with Gasteiger partial charge >= 0.3 is 0 Å². The van der Waals surface area contributed by atoms with Crippen molar-refractivity contribution in [2.24, 2.45) is 4.99 Å². The lowest BCUT2D eigenvalue weighted by atomic mass is 9.91. The van der Waals surface area contributed by atoms with E-state index in [1.165, 1.54) is 32.7 Å². The van der Waals surface area contributed by atoms with Crippen LogP contribution in [-0.4, -0.2) is 0 Å². The first-order valence-electron chi connectivity index (χ1n) is 7.31. The molecule has 1 aliphatic carbocycles. The molecule has 1 nitrogen and oxygen atoms in total. The molecule has 3 aromatic rings. The lowest BCUT2D eigenvalue weighted by molar-refractivity contribution is 1.21. The lowest BCUT2D eigenvalue weighted by Crippen LogP contribution is -2.18. The molecule has 0 fully saturated rings. The smallest absolute Gasteiger partial charge is 0.0722 e. The molecule has 2 aliphatic rings. The van der Waals surface area contributed by atoms with Gasteiger partial charge < -0.3 is 0 Å². The van der Waals surface area contributed by atoms with Crippen molar-refractivity contribution in [1.82, 2.24) is 0 Å². The van der Waals surface area contributed by atoms with Crippen LogP contribution in [-0.2, 0) is 6.42 Å². The van der Waals surface area contributed by atoms with E-state index in [1.807, 2.05) is 0 Å². The molecular formula is C20H13N. The molecule has 0 spiro atoms. The zero-order valence-corrected chi connectivity index (χ0v) is 11.5. The molecule has 0 atom stereocenters. The summed E-state index contributed by atoms with van der Waals surface area (Å²) in [5.41, 5.74) is 5.16. The Morgan fingerprint density at radius 2 is 1.81 bits per heavy atom. The molecule has 0 aromatic heterocycles. The zero-order valence-electron chi connectivity index (χ0n) is 11.5. The summed E-state index contributed by atoms with van der Waals surface area (Å²) in [6, 6.07) is 17.2. The van der Waals surface area contributed by atoms with Crippen molar-refractivity contribution in [2.75, 3.05) is 0 Å². The van der Waals surface area contributed by atoms with Crippen LogP contribution in [0.1, 0.15) is 5.56 Å². The zero-order chi connectivity index (χ0) is 13.8. The topological polar surface area (TPSA) is 12.4 Å². The van der Waals surface area contributed by atoms with Gasteiger partial charge in [0.1, 0.15) is 0 Å². The Balaban J connectivity index is 1.99. The second kappa shape index (κ2) is 3.92. The van der Waals surface area contributed by atoms with Crippen LogP contribution in [0.3, 0.4) is 0 Å². The highest BCUT2D eigenvalue weighted by molar-refractivity contribution is 6.04. The van der Waals surface area contributed by atoms with Crippen molar-refractivity contribution < 1.29 is 0 Å². The first-order chi connectivity index (χ1) is 10.4. The Kier molecular flexibility index (Phi) is 2.06. The Hall–Kier alpha value is -2.67. The minimum Gasteiger partial charge on any atom is -0.248 e. The van der Waals surface area contributed by atoms with Crippen LogP contribution < -0.4 is 10.6 Å². The molecule has 0 radical (unpaired) electrons. The molecule has 0 saturated carbocycles. The second-order valence-electron chi connectivity index (χ2n) is 5.62. The van der Waals surface area contributed by atoms with Crippen molar-refractivity contribution in [2.45, 2.75) is 6.42 Å². The van der Waals surface area contributed by atoms with Gasteiger partial charge in [-0.25, -0.2) is 4.99 Å². The molecule has 0 amide bonds. The van der Waals surface area contributed by atoms with E-state index < -0.39 is 0 Å². The van der Waals surface area contributed by atoms with Gasteiger partial charge in [0.05, 0.1) is 11.0 Å². The van der Waals surface area contributed by atoms with Gasteiger partial charge in [-0.15, -0.1) is 0 Å². The first-order valence-corrected chi connectivity index (χ1v) is 7.31. The summed E-state index contributed by atoms with van der Waals surface area (Å²) in [7, 11) is 0. The highest BCUT2D eigenvalue weighted by Crippen LogP contribution is 2.39.